The summed E-state index contributed by atoms with van der Waals surface area (Å²) in [6.07, 6.45) is 3.06. The van der Waals surface area contributed by atoms with Crippen LogP contribution in [0.2, 0.25) is 0 Å². The lowest BCUT2D eigenvalue weighted by Gasteiger charge is -2.22. The fourth-order valence-corrected chi connectivity index (χ4v) is 1.59. The first-order valence-electron chi connectivity index (χ1n) is 5.62. The van der Waals surface area contributed by atoms with Crippen molar-refractivity contribution in [3.05, 3.63) is 11.9 Å². The maximum absolute atomic E-state index is 11.8. The molecule has 0 radical (unpaired) electrons. The minimum Gasteiger partial charge on any atom is -0.455 e. The van der Waals surface area contributed by atoms with Crippen molar-refractivity contribution in [3.8, 4) is 6.07 Å². The summed E-state index contributed by atoms with van der Waals surface area (Å²) in [5, 5.41) is 8.80. The molecule has 6 nitrogen and oxygen atoms in total. The van der Waals surface area contributed by atoms with Crippen LogP contribution in [-0.2, 0) is 9.53 Å². The lowest BCUT2D eigenvalue weighted by molar-refractivity contribution is -0.149. The van der Waals surface area contributed by atoms with E-state index in [0.717, 1.165) is 0 Å². The zero-order valence-corrected chi connectivity index (χ0v) is 10.5. The highest BCUT2D eigenvalue weighted by Crippen LogP contribution is 2.18. The number of aliphatic imine (C=N–C) groups is 2. The van der Waals surface area contributed by atoms with Crippen LogP contribution in [0.15, 0.2) is 21.9 Å². The molecule has 0 aromatic heterocycles. The van der Waals surface area contributed by atoms with Gasteiger partial charge in [0.2, 0.25) is 0 Å². The van der Waals surface area contributed by atoms with E-state index >= 15 is 0 Å². The van der Waals surface area contributed by atoms with Gasteiger partial charge in [-0.05, 0) is 20.8 Å². The van der Waals surface area contributed by atoms with Crippen LogP contribution in [0.3, 0.4) is 0 Å². The third kappa shape index (κ3) is 2.56. The van der Waals surface area contributed by atoms with Gasteiger partial charge in [-0.15, -0.1) is 0 Å². The van der Waals surface area contributed by atoms with Crippen molar-refractivity contribution in [3.63, 3.8) is 0 Å². The Morgan fingerprint density at radius 2 is 2.33 bits per heavy atom. The number of carbonyl (C=O) groups excluding carboxylic acids is 1. The number of nitrogens with zero attached hydrogens (tertiary/aromatic N) is 4. The van der Waals surface area contributed by atoms with Gasteiger partial charge in [-0.25, -0.2) is 14.8 Å². The molecule has 1 unspecified atom stereocenters. The maximum Gasteiger partial charge on any atom is 0.358 e. The molecule has 0 aromatic rings. The summed E-state index contributed by atoms with van der Waals surface area (Å²) >= 11 is 0. The molecule has 0 bridgehead atoms. The Balaban J connectivity index is 2.11. The van der Waals surface area contributed by atoms with Crippen molar-refractivity contribution in [1.82, 2.24) is 4.90 Å². The SMILES string of the molecule is CC(C)(C)OC(=O)C1=CN2CC(C#N)N=C2C=N1. The monoisotopic (exact) mass is 246 g/mol. The van der Waals surface area contributed by atoms with Crippen molar-refractivity contribution in [2.45, 2.75) is 32.4 Å². The number of amidine groups is 1. The molecule has 18 heavy (non-hydrogen) atoms. The molecule has 6 heteroatoms. The summed E-state index contributed by atoms with van der Waals surface area (Å²) in [6.45, 7) is 5.84. The Hall–Kier alpha value is -2.16. The topological polar surface area (TPSA) is 78.0 Å². The molecule has 0 aromatic carbocycles. The zero-order valence-electron chi connectivity index (χ0n) is 10.5. The Bertz CT molecular complexity index is 505. The molecule has 0 N–H and O–H groups in total. The second-order valence-corrected chi connectivity index (χ2v) is 5.06. The fraction of sp³-hybridized carbons (Fsp3) is 0.500. The van der Waals surface area contributed by atoms with Crippen molar-refractivity contribution >= 4 is 18.0 Å². The molecule has 1 atom stereocenters. The first kappa shape index (κ1) is 12.3. The smallest absolute Gasteiger partial charge is 0.358 e. The standard InChI is InChI=1S/C12H14N4O2/c1-12(2,3)18-11(17)9-7-16-6-8(4-13)15-10(16)5-14-9/h5,7-8H,6H2,1-3H3. The minimum atomic E-state index is -0.554. The number of nitriles is 1. The second kappa shape index (κ2) is 4.26. The molecule has 2 heterocycles. The molecular formula is C12H14N4O2. The van der Waals surface area contributed by atoms with E-state index in [9.17, 15) is 4.79 Å². The lowest BCUT2D eigenvalue weighted by atomic mass is 10.2. The summed E-state index contributed by atoms with van der Waals surface area (Å²) in [7, 11) is 0. The van der Waals surface area contributed by atoms with E-state index in [0.29, 0.717) is 12.4 Å². The average Bonchev–Trinajstić information content (AvgIpc) is 2.68. The number of carbonyl (C=O) groups is 1. The number of ether oxygens (including phenoxy) is 1. The second-order valence-electron chi connectivity index (χ2n) is 5.06. The van der Waals surface area contributed by atoms with Gasteiger partial charge in [0.1, 0.15) is 11.4 Å². The van der Waals surface area contributed by atoms with E-state index in [1.807, 2.05) is 0 Å². The molecule has 0 aliphatic carbocycles. The molecular weight excluding hydrogens is 232 g/mol. The first-order chi connectivity index (χ1) is 8.39. The minimum absolute atomic E-state index is 0.225. The molecule has 2 aliphatic heterocycles. The lowest BCUT2D eigenvalue weighted by Crippen LogP contribution is -2.31. The zero-order chi connectivity index (χ0) is 13.3. The number of rotatable bonds is 1. The fourth-order valence-electron chi connectivity index (χ4n) is 1.59. The van der Waals surface area contributed by atoms with Gasteiger partial charge in [0.05, 0.1) is 18.8 Å². The molecule has 0 amide bonds. The molecule has 2 rings (SSSR count). The van der Waals surface area contributed by atoms with Crippen molar-refractivity contribution in [2.24, 2.45) is 9.98 Å². The molecule has 94 valence electrons. The molecule has 0 fully saturated rings. The van der Waals surface area contributed by atoms with Gasteiger partial charge in [0.15, 0.2) is 11.7 Å². The highest BCUT2D eigenvalue weighted by Gasteiger charge is 2.28. The Morgan fingerprint density at radius 1 is 1.61 bits per heavy atom. The molecule has 2 aliphatic rings. The van der Waals surface area contributed by atoms with Crippen molar-refractivity contribution in [2.75, 3.05) is 6.54 Å². The van der Waals surface area contributed by atoms with Gasteiger partial charge >= 0.3 is 5.97 Å². The van der Waals surface area contributed by atoms with E-state index in [2.05, 4.69) is 16.1 Å². The summed E-state index contributed by atoms with van der Waals surface area (Å²) in [5.74, 6) is 0.132. The van der Waals surface area contributed by atoms with Crippen molar-refractivity contribution < 1.29 is 9.53 Å². The largest absolute Gasteiger partial charge is 0.455 e. The van der Waals surface area contributed by atoms with Crippen LogP contribution in [0, 0.1) is 11.3 Å². The first-order valence-corrected chi connectivity index (χ1v) is 5.62. The van der Waals surface area contributed by atoms with E-state index in [1.54, 1.807) is 31.9 Å². The molecule has 0 spiro atoms. The van der Waals surface area contributed by atoms with E-state index < -0.39 is 17.6 Å². The Kier molecular flexibility index (Phi) is 2.91. The van der Waals surface area contributed by atoms with Crippen LogP contribution >= 0.6 is 0 Å². The van der Waals surface area contributed by atoms with Gasteiger partial charge < -0.3 is 9.64 Å². The predicted molar refractivity (Wildman–Crippen MR) is 66.0 cm³/mol. The third-order valence-electron chi connectivity index (χ3n) is 2.31. The van der Waals surface area contributed by atoms with Crippen molar-refractivity contribution in [1.29, 1.82) is 5.26 Å². The number of fused-ring (bicyclic) bond motifs is 1. The van der Waals surface area contributed by atoms with Crippen LogP contribution in [-0.4, -0.2) is 41.1 Å². The van der Waals surface area contributed by atoms with Gasteiger partial charge in [0.25, 0.3) is 0 Å². The van der Waals surface area contributed by atoms with Crippen LogP contribution in [0.1, 0.15) is 20.8 Å². The van der Waals surface area contributed by atoms with Gasteiger partial charge in [0, 0.05) is 6.20 Å². The quantitative estimate of drug-likeness (QED) is 0.643. The Labute approximate surface area is 105 Å². The van der Waals surface area contributed by atoms with Crippen LogP contribution in [0.5, 0.6) is 0 Å². The summed E-state index contributed by atoms with van der Waals surface area (Å²) < 4.78 is 5.23. The normalized spacial score (nSPS) is 21.9. The highest BCUT2D eigenvalue weighted by molar-refractivity contribution is 6.31. The Morgan fingerprint density at radius 3 is 2.94 bits per heavy atom. The predicted octanol–water partition coefficient (Wildman–Crippen LogP) is 0.860. The van der Waals surface area contributed by atoms with Gasteiger partial charge in [-0.3, -0.25) is 0 Å². The van der Waals surface area contributed by atoms with Crippen LogP contribution in [0.4, 0.5) is 0 Å². The van der Waals surface area contributed by atoms with Crippen LogP contribution in [0.25, 0.3) is 0 Å². The summed E-state index contributed by atoms with van der Waals surface area (Å²) in [4.78, 5) is 21.7. The number of hydrogen-bond acceptors (Lipinski definition) is 6. The van der Waals surface area contributed by atoms with E-state index in [4.69, 9.17) is 10.00 Å². The number of esters is 1. The van der Waals surface area contributed by atoms with Gasteiger partial charge in [-0.1, -0.05) is 0 Å². The third-order valence-corrected chi connectivity index (χ3v) is 2.31. The highest BCUT2D eigenvalue weighted by atomic mass is 16.6. The van der Waals surface area contributed by atoms with Crippen LogP contribution < -0.4 is 0 Å². The van der Waals surface area contributed by atoms with E-state index in [-0.39, 0.29) is 5.70 Å². The van der Waals surface area contributed by atoms with Gasteiger partial charge in [-0.2, -0.15) is 5.26 Å². The average molecular weight is 246 g/mol. The number of hydrogen-bond donors (Lipinski definition) is 0. The molecule has 0 saturated carbocycles. The maximum atomic E-state index is 11.8. The molecule has 0 saturated heterocycles. The summed E-state index contributed by atoms with van der Waals surface area (Å²) in [5.41, 5.74) is -0.329. The van der Waals surface area contributed by atoms with E-state index in [1.165, 1.54) is 6.21 Å². The summed E-state index contributed by atoms with van der Waals surface area (Å²) in [6, 6.07) is 1.66.